The number of amides is 1. The maximum absolute atomic E-state index is 11.8. The topological polar surface area (TPSA) is 126 Å². The molecule has 5 atom stereocenters. The number of ether oxygens (including phenoxy) is 5. The Balaban J connectivity index is 2.42. The third kappa shape index (κ3) is 6.73. The number of hydrogen-bond acceptors (Lipinski definition) is 9. The third-order valence-corrected chi connectivity index (χ3v) is 4.07. The molecule has 0 aliphatic carbocycles. The molecular formula is C20H25NO9. The molecule has 0 radical (unpaired) electrons. The van der Waals surface area contributed by atoms with Crippen LogP contribution in [0.5, 0.6) is 5.75 Å². The molecule has 0 aromatic heterocycles. The second-order valence-electron chi connectivity index (χ2n) is 6.65. The molecule has 1 unspecified atom stereocenters. The van der Waals surface area contributed by atoms with Gasteiger partial charge in [-0.2, -0.15) is 0 Å². The average molecular weight is 423 g/mol. The quantitative estimate of drug-likeness (QED) is 0.498. The van der Waals surface area contributed by atoms with Crippen LogP contribution in [0.2, 0.25) is 0 Å². The molecule has 30 heavy (non-hydrogen) atoms. The summed E-state index contributed by atoms with van der Waals surface area (Å²) in [6.45, 7) is 4.56. The first-order valence-electron chi connectivity index (χ1n) is 9.29. The van der Waals surface area contributed by atoms with E-state index in [0.717, 1.165) is 0 Å². The molecule has 1 amide bonds. The van der Waals surface area contributed by atoms with Gasteiger partial charge in [-0.25, -0.2) is 0 Å². The molecule has 1 aromatic rings. The molecule has 0 spiro atoms. The minimum Gasteiger partial charge on any atom is -0.463 e. The van der Waals surface area contributed by atoms with Crippen LogP contribution in [-0.4, -0.2) is 61.1 Å². The van der Waals surface area contributed by atoms with Gasteiger partial charge in [0.2, 0.25) is 12.2 Å². The van der Waals surface area contributed by atoms with Gasteiger partial charge in [-0.05, 0) is 12.1 Å². The van der Waals surface area contributed by atoms with E-state index in [9.17, 15) is 19.2 Å². The average Bonchev–Trinajstić information content (AvgIpc) is 2.64. The van der Waals surface area contributed by atoms with E-state index in [1.54, 1.807) is 30.3 Å². The van der Waals surface area contributed by atoms with E-state index in [4.69, 9.17) is 23.7 Å². The van der Waals surface area contributed by atoms with Crippen LogP contribution in [0.4, 0.5) is 0 Å². The van der Waals surface area contributed by atoms with Crippen LogP contribution in [0.1, 0.15) is 27.7 Å². The smallest absolute Gasteiger partial charge is 0.303 e. The molecule has 164 valence electrons. The number of benzene rings is 1. The van der Waals surface area contributed by atoms with Crippen LogP contribution < -0.4 is 10.1 Å². The second kappa shape index (κ2) is 10.6. The lowest BCUT2D eigenvalue weighted by molar-refractivity contribution is -0.257. The molecule has 0 saturated carbocycles. The predicted molar refractivity (Wildman–Crippen MR) is 101 cm³/mol. The van der Waals surface area contributed by atoms with Gasteiger partial charge < -0.3 is 29.0 Å². The van der Waals surface area contributed by atoms with Gasteiger partial charge in [0, 0.05) is 27.7 Å². The maximum atomic E-state index is 11.8. The minimum atomic E-state index is -1.15. The van der Waals surface area contributed by atoms with Crippen molar-refractivity contribution in [3.05, 3.63) is 30.3 Å². The van der Waals surface area contributed by atoms with Gasteiger partial charge in [0.25, 0.3) is 0 Å². The Hall–Kier alpha value is -3.14. The summed E-state index contributed by atoms with van der Waals surface area (Å²) in [4.78, 5) is 46.6. The van der Waals surface area contributed by atoms with Crippen molar-refractivity contribution in [1.82, 2.24) is 5.32 Å². The van der Waals surface area contributed by atoms with Crippen molar-refractivity contribution in [2.45, 2.75) is 58.3 Å². The van der Waals surface area contributed by atoms with E-state index in [2.05, 4.69) is 5.32 Å². The summed E-state index contributed by atoms with van der Waals surface area (Å²) >= 11 is 0. The minimum absolute atomic E-state index is 0.285. The normalized spacial score (nSPS) is 25.5. The van der Waals surface area contributed by atoms with E-state index in [-0.39, 0.29) is 6.61 Å². The highest BCUT2D eigenvalue weighted by Gasteiger charge is 2.51. The first kappa shape index (κ1) is 23.1. The highest BCUT2D eigenvalue weighted by atomic mass is 16.7. The molecule has 1 saturated heterocycles. The number of carbonyl (C=O) groups is 4. The number of esters is 3. The van der Waals surface area contributed by atoms with E-state index in [1.807, 2.05) is 0 Å². The summed E-state index contributed by atoms with van der Waals surface area (Å²) in [6.07, 6.45) is -4.45. The van der Waals surface area contributed by atoms with E-state index in [1.165, 1.54) is 27.7 Å². The van der Waals surface area contributed by atoms with Gasteiger partial charge in [0.15, 0.2) is 12.2 Å². The lowest BCUT2D eigenvalue weighted by Crippen LogP contribution is -2.67. The second-order valence-corrected chi connectivity index (χ2v) is 6.65. The lowest BCUT2D eigenvalue weighted by atomic mass is 9.96. The van der Waals surface area contributed by atoms with Crippen molar-refractivity contribution in [2.24, 2.45) is 0 Å². The lowest BCUT2D eigenvalue weighted by Gasteiger charge is -2.44. The van der Waals surface area contributed by atoms with Crippen LogP contribution >= 0.6 is 0 Å². The first-order valence-corrected chi connectivity index (χ1v) is 9.29. The zero-order chi connectivity index (χ0) is 22.3. The Labute approximate surface area is 173 Å². The van der Waals surface area contributed by atoms with Crippen molar-refractivity contribution in [2.75, 3.05) is 6.61 Å². The largest absolute Gasteiger partial charge is 0.463 e. The van der Waals surface area contributed by atoms with Crippen LogP contribution in [0, 0.1) is 0 Å². The fraction of sp³-hybridized carbons (Fsp3) is 0.500. The Bertz CT molecular complexity index is 767. The summed E-state index contributed by atoms with van der Waals surface area (Å²) in [6, 6.07) is 7.62. The molecule has 10 nitrogen and oxygen atoms in total. The highest BCUT2D eigenvalue weighted by molar-refractivity contribution is 5.73. The van der Waals surface area contributed by atoms with Crippen molar-refractivity contribution in [3.8, 4) is 5.75 Å². The Morgan fingerprint density at radius 1 is 0.900 bits per heavy atom. The summed E-state index contributed by atoms with van der Waals surface area (Å²) in [5, 5.41) is 2.63. The van der Waals surface area contributed by atoms with E-state index < -0.39 is 54.5 Å². The molecule has 1 heterocycles. The molecule has 1 aliphatic heterocycles. The molecule has 10 heteroatoms. The number of para-hydroxylation sites is 1. The fourth-order valence-electron chi connectivity index (χ4n) is 3.02. The van der Waals surface area contributed by atoms with Crippen molar-refractivity contribution < 1.29 is 42.9 Å². The van der Waals surface area contributed by atoms with Gasteiger partial charge in [-0.1, -0.05) is 18.2 Å². The number of nitrogens with one attached hydrogen (secondary N) is 1. The van der Waals surface area contributed by atoms with Gasteiger partial charge in [-0.3, -0.25) is 19.2 Å². The van der Waals surface area contributed by atoms with Gasteiger partial charge in [0.1, 0.15) is 24.5 Å². The number of rotatable bonds is 7. The molecule has 1 fully saturated rings. The van der Waals surface area contributed by atoms with Crippen LogP contribution in [-0.2, 0) is 38.1 Å². The third-order valence-electron chi connectivity index (χ3n) is 4.07. The van der Waals surface area contributed by atoms with Crippen LogP contribution in [0.3, 0.4) is 0 Å². The van der Waals surface area contributed by atoms with Gasteiger partial charge in [0.05, 0.1) is 0 Å². The van der Waals surface area contributed by atoms with Gasteiger partial charge in [-0.15, -0.1) is 0 Å². The van der Waals surface area contributed by atoms with Crippen LogP contribution in [0.25, 0.3) is 0 Å². The molecule has 1 N–H and O–H groups in total. The fourth-order valence-corrected chi connectivity index (χ4v) is 3.02. The number of carbonyl (C=O) groups excluding carboxylic acids is 4. The Kier molecular flexibility index (Phi) is 8.16. The Morgan fingerprint density at radius 3 is 2.03 bits per heavy atom. The number of hydrogen-bond donors (Lipinski definition) is 1. The molecule has 0 bridgehead atoms. The van der Waals surface area contributed by atoms with Gasteiger partial charge >= 0.3 is 17.9 Å². The van der Waals surface area contributed by atoms with Crippen molar-refractivity contribution >= 4 is 23.8 Å². The van der Waals surface area contributed by atoms with E-state index in [0.29, 0.717) is 5.75 Å². The summed E-state index contributed by atoms with van der Waals surface area (Å²) in [5.41, 5.74) is 0. The van der Waals surface area contributed by atoms with Crippen LogP contribution in [0.15, 0.2) is 30.3 Å². The zero-order valence-electron chi connectivity index (χ0n) is 17.2. The predicted octanol–water partition coefficient (Wildman–Crippen LogP) is 0.721. The highest BCUT2D eigenvalue weighted by Crippen LogP contribution is 2.29. The summed E-state index contributed by atoms with van der Waals surface area (Å²) in [7, 11) is 0. The molecule has 2 rings (SSSR count). The van der Waals surface area contributed by atoms with E-state index >= 15 is 0 Å². The molecule has 1 aliphatic rings. The summed E-state index contributed by atoms with van der Waals surface area (Å²) in [5.74, 6) is -1.93. The first-order chi connectivity index (χ1) is 14.2. The molecule has 1 aromatic carbocycles. The maximum Gasteiger partial charge on any atom is 0.303 e. The SMILES string of the molecule is CC(=O)N[C@@H]1[C@@H](Oc2ccccc2)OC(COC(C)=O)[C@@H](OC(C)=O)[C@@H]1OC(C)=O. The summed E-state index contributed by atoms with van der Waals surface area (Å²) < 4.78 is 27.5. The van der Waals surface area contributed by atoms with Crippen molar-refractivity contribution in [3.63, 3.8) is 0 Å². The monoisotopic (exact) mass is 423 g/mol. The Morgan fingerprint density at radius 2 is 1.50 bits per heavy atom. The van der Waals surface area contributed by atoms with Crippen molar-refractivity contribution in [1.29, 1.82) is 0 Å². The zero-order valence-corrected chi connectivity index (χ0v) is 17.2. The molecular weight excluding hydrogens is 398 g/mol. The standard InChI is InChI=1S/C20H25NO9/c1-11(22)21-17-19(28-14(4)25)18(27-13(3)24)16(10-26-12(2)23)30-20(17)29-15-8-6-5-7-9-15/h5-9,16-20H,10H2,1-4H3,(H,21,22)/t16?,17-,18+,19+,20-/m0/s1.